The lowest BCUT2D eigenvalue weighted by Crippen LogP contribution is -1.94. The Balaban J connectivity index is 2.43. The molecule has 1 unspecified atom stereocenters. The van der Waals surface area contributed by atoms with E-state index in [9.17, 15) is 0 Å². The van der Waals surface area contributed by atoms with Crippen LogP contribution in [0.15, 0.2) is 23.3 Å². The molecule has 0 radical (unpaired) electrons. The van der Waals surface area contributed by atoms with Gasteiger partial charge in [-0.15, -0.1) is 0 Å². The monoisotopic (exact) mass is 195 g/mol. The highest BCUT2D eigenvalue weighted by Gasteiger charge is 2.22. The Hall–Kier alpha value is -1.38. The highest BCUT2D eigenvalue weighted by molar-refractivity contribution is 6.30. The lowest BCUT2D eigenvalue weighted by Gasteiger charge is -1.98. The van der Waals surface area contributed by atoms with Crippen LogP contribution >= 0.6 is 11.6 Å². The van der Waals surface area contributed by atoms with Crippen molar-refractivity contribution in [3.63, 3.8) is 0 Å². The van der Waals surface area contributed by atoms with Crippen LogP contribution < -0.4 is 4.74 Å². The van der Waals surface area contributed by atoms with Crippen LogP contribution in [0.2, 0.25) is 5.02 Å². The van der Waals surface area contributed by atoms with Crippen LogP contribution in [0.25, 0.3) is 10.4 Å². The molecule has 1 aromatic rings. The summed E-state index contributed by atoms with van der Waals surface area (Å²) in [6.45, 7) is 0.403. The first-order chi connectivity index (χ1) is 6.31. The average Bonchev–Trinajstić information content (AvgIpc) is 2.49. The molecule has 0 saturated carbocycles. The molecule has 0 bridgehead atoms. The Kier molecular flexibility index (Phi) is 2.00. The predicted molar refractivity (Wildman–Crippen MR) is 48.8 cm³/mol. The van der Waals surface area contributed by atoms with Crippen molar-refractivity contribution >= 4 is 11.6 Å². The van der Waals surface area contributed by atoms with E-state index in [-0.39, 0.29) is 6.04 Å². The zero-order chi connectivity index (χ0) is 9.26. The van der Waals surface area contributed by atoms with E-state index in [1.165, 1.54) is 0 Å². The number of hydrogen-bond donors (Lipinski definition) is 0. The molecule has 0 spiro atoms. The number of hydrogen-bond acceptors (Lipinski definition) is 2. The molecule has 1 heterocycles. The number of nitrogens with zero attached hydrogens (tertiary/aromatic N) is 3. The minimum absolute atomic E-state index is 0.211. The van der Waals surface area contributed by atoms with Gasteiger partial charge in [0.15, 0.2) is 0 Å². The second-order valence-corrected chi connectivity index (χ2v) is 3.15. The summed E-state index contributed by atoms with van der Waals surface area (Å²) in [6, 6.07) is 5.10. The topological polar surface area (TPSA) is 58.0 Å². The minimum atomic E-state index is -0.211. The van der Waals surface area contributed by atoms with E-state index < -0.39 is 0 Å². The van der Waals surface area contributed by atoms with Crippen molar-refractivity contribution in [1.82, 2.24) is 0 Å². The van der Waals surface area contributed by atoms with Gasteiger partial charge < -0.3 is 4.74 Å². The van der Waals surface area contributed by atoms with E-state index in [0.717, 1.165) is 5.56 Å². The molecular formula is C8H6ClN3O. The second kappa shape index (κ2) is 3.17. The third kappa shape index (κ3) is 1.41. The lowest BCUT2D eigenvalue weighted by atomic mass is 10.1. The summed E-state index contributed by atoms with van der Waals surface area (Å²) in [5.41, 5.74) is 9.19. The number of rotatable bonds is 1. The van der Waals surface area contributed by atoms with Crippen molar-refractivity contribution in [1.29, 1.82) is 0 Å². The van der Waals surface area contributed by atoms with E-state index in [1.54, 1.807) is 12.1 Å². The summed E-state index contributed by atoms with van der Waals surface area (Å²) >= 11 is 5.76. The van der Waals surface area contributed by atoms with Crippen LogP contribution in [0, 0.1) is 0 Å². The fourth-order valence-electron chi connectivity index (χ4n) is 1.32. The summed E-state index contributed by atoms with van der Waals surface area (Å²) in [4.78, 5) is 2.75. The van der Waals surface area contributed by atoms with Crippen LogP contribution in [0.3, 0.4) is 0 Å². The van der Waals surface area contributed by atoms with Gasteiger partial charge in [-0.1, -0.05) is 22.8 Å². The van der Waals surface area contributed by atoms with Gasteiger partial charge in [-0.05, 0) is 17.7 Å². The van der Waals surface area contributed by atoms with Gasteiger partial charge in [-0.25, -0.2) is 0 Å². The van der Waals surface area contributed by atoms with Crippen molar-refractivity contribution in [2.24, 2.45) is 5.11 Å². The maximum absolute atomic E-state index is 8.28. The molecule has 66 valence electrons. The number of ether oxygens (including phenoxy) is 1. The van der Waals surface area contributed by atoms with E-state index in [2.05, 4.69) is 10.0 Å². The molecule has 1 aliphatic rings. The zero-order valence-electron chi connectivity index (χ0n) is 6.64. The normalized spacial score (nSPS) is 18.7. The Labute approximate surface area is 79.7 Å². The molecule has 4 nitrogen and oxygen atoms in total. The molecule has 0 aromatic heterocycles. The molecule has 1 aliphatic heterocycles. The number of azide groups is 1. The lowest BCUT2D eigenvalue weighted by molar-refractivity contribution is 0.333. The molecule has 0 amide bonds. The van der Waals surface area contributed by atoms with Gasteiger partial charge in [0.1, 0.15) is 18.4 Å². The second-order valence-electron chi connectivity index (χ2n) is 2.71. The first-order valence-electron chi connectivity index (χ1n) is 3.77. The average molecular weight is 196 g/mol. The van der Waals surface area contributed by atoms with Crippen molar-refractivity contribution < 1.29 is 4.74 Å². The largest absolute Gasteiger partial charge is 0.492 e. The summed E-state index contributed by atoms with van der Waals surface area (Å²) in [5.74, 6) is 0.713. The van der Waals surface area contributed by atoms with Crippen LogP contribution in [-0.4, -0.2) is 6.61 Å². The summed E-state index contributed by atoms with van der Waals surface area (Å²) < 4.78 is 5.30. The van der Waals surface area contributed by atoms with E-state index in [0.29, 0.717) is 17.4 Å². The molecule has 5 heteroatoms. The Morgan fingerprint density at radius 2 is 2.46 bits per heavy atom. The van der Waals surface area contributed by atoms with Crippen molar-refractivity contribution in [2.75, 3.05) is 6.61 Å². The molecule has 0 aliphatic carbocycles. The molecule has 1 atom stereocenters. The van der Waals surface area contributed by atoms with Crippen LogP contribution in [0.5, 0.6) is 5.75 Å². The number of benzene rings is 1. The van der Waals surface area contributed by atoms with Gasteiger partial charge >= 0.3 is 0 Å². The number of halogens is 1. The van der Waals surface area contributed by atoms with E-state index in [1.807, 2.05) is 6.07 Å². The highest BCUT2D eigenvalue weighted by atomic mass is 35.5. The van der Waals surface area contributed by atoms with Gasteiger partial charge in [0.05, 0.1) is 0 Å². The molecule has 1 aromatic carbocycles. The quantitative estimate of drug-likeness (QED) is 0.386. The van der Waals surface area contributed by atoms with Gasteiger partial charge in [-0.2, -0.15) is 0 Å². The molecular weight excluding hydrogens is 190 g/mol. The van der Waals surface area contributed by atoms with E-state index in [4.69, 9.17) is 21.9 Å². The van der Waals surface area contributed by atoms with Gasteiger partial charge in [0, 0.05) is 15.5 Å². The highest BCUT2D eigenvalue weighted by Crippen LogP contribution is 2.36. The molecule has 0 N–H and O–H groups in total. The maximum atomic E-state index is 8.28. The van der Waals surface area contributed by atoms with Gasteiger partial charge in [0.25, 0.3) is 0 Å². The van der Waals surface area contributed by atoms with Crippen molar-refractivity contribution in [3.8, 4) is 5.75 Å². The minimum Gasteiger partial charge on any atom is -0.492 e. The third-order valence-corrected chi connectivity index (χ3v) is 2.16. The van der Waals surface area contributed by atoms with Gasteiger partial charge in [0.2, 0.25) is 0 Å². The molecule has 2 rings (SSSR count). The fourth-order valence-corrected chi connectivity index (χ4v) is 1.49. The third-order valence-electron chi connectivity index (χ3n) is 1.92. The van der Waals surface area contributed by atoms with Crippen molar-refractivity contribution in [2.45, 2.75) is 6.04 Å². The summed E-state index contributed by atoms with van der Waals surface area (Å²) in [5, 5.41) is 4.23. The first kappa shape index (κ1) is 8.23. The SMILES string of the molecule is [N-]=[N+]=NC1COc2cc(Cl)ccc21. The van der Waals surface area contributed by atoms with Crippen LogP contribution in [0.4, 0.5) is 0 Å². The predicted octanol–water partition coefficient (Wildman–Crippen LogP) is 3.08. The van der Waals surface area contributed by atoms with Crippen LogP contribution in [-0.2, 0) is 0 Å². The maximum Gasteiger partial charge on any atom is 0.124 e. The zero-order valence-corrected chi connectivity index (χ0v) is 7.40. The van der Waals surface area contributed by atoms with Crippen LogP contribution in [0.1, 0.15) is 11.6 Å². The van der Waals surface area contributed by atoms with Crippen molar-refractivity contribution in [3.05, 3.63) is 39.2 Å². The Bertz CT molecular complexity index is 387. The Morgan fingerprint density at radius 3 is 3.23 bits per heavy atom. The molecule has 0 saturated heterocycles. The fraction of sp³-hybridized carbons (Fsp3) is 0.250. The molecule has 13 heavy (non-hydrogen) atoms. The summed E-state index contributed by atoms with van der Waals surface area (Å²) in [6.07, 6.45) is 0. The standard InChI is InChI=1S/C8H6ClN3O/c9-5-1-2-6-7(11-12-10)4-13-8(6)3-5/h1-3,7H,4H2. The smallest absolute Gasteiger partial charge is 0.124 e. The van der Waals surface area contributed by atoms with Gasteiger partial charge in [-0.3, -0.25) is 0 Å². The molecule has 0 fully saturated rings. The first-order valence-corrected chi connectivity index (χ1v) is 4.15. The Morgan fingerprint density at radius 1 is 1.62 bits per heavy atom. The number of fused-ring (bicyclic) bond motifs is 1. The summed E-state index contributed by atoms with van der Waals surface area (Å²) in [7, 11) is 0. The van der Waals surface area contributed by atoms with E-state index >= 15 is 0 Å².